The number of unbranched alkanes of at least 4 members (excludes halogenated alkanes) is 4. The highest BCUT2D eigenvalue weighted by molar-refractivity contribution is 5.20. The average Bonchev–Trinajstić information content (AvgIpc) is 2.50. The SMILES string of the molecule is CCCCN(CC)CCCCCCOc1ccccc1. The van der Waals surface area contributed by atoms with Gasteiger partial charge in [0.15, 0.2) is 0 Å². The molecule has 0 aliphatic heterocycles. The van der Waals surface area contributed by atoms with Crippen LogP contribution in [0.3, 0.4) is 0 Å². The molecular weight excluding hydrogens is 246 g/mol. The van der Waals surface area contributed by atoms with Gasteiger partial charge >= 0.3 is 0 Å². The molecule has 1 aromatic rings. The number of hydrogen-bond donors (Lipinski definition) is 0. The minimum atomic E-state index is 0.845. The highest BCUT2D eigenvalue weighted by atomic mass is 16.5. The topological polar surface area (TPSA) is 12.5 Å². The number of rotatable bonds is 12. The third kappa shape index (κ3) is 8.21. The second-order valence-electron chi connectivity index (χ2n) is 5.36. The Balaban J connectivity index is 1.94. The van der Waals surface area contributed by atoms with E-state index in [1.807, 2.05) is 30.3 Å². The van der Waals surface area contributed by atoms with Gasteiger partial charge in [0.05, 0.1) is 6.61 Å². The third-order valence-electron chi connectivity index (χ3n) is 3.66. The van der Waals surface area contributed by atoms with Crippen LogP contribution in [0.1, 0.15) is 52.4 Å². The van der Waals surface area contributed by atoms with Crippen molar-refractivity contribution in [1.29, 1.82) is 0 Å². The van der Waals surface area contributed by atoms with Crippen molar-refractivity contribution in [2.45, 2.75) is 52.4 Å². The first-order valence-electron chi connectivity index (χ1n) is 8.27. The first-order valence-corrected chi connectivity index (χ1v) is 8.27. The Kier molecular flexibility index (Phi) is 10.0. The van der Waals surface area contributed by atoms with Crippen LogP contribution in [0.2, 0.25) is 0 Å². The molecule has 1 rings (SSSR count). The smallest absolute Gasteiger partial charge is 0.119 e. The largest absolute Gasteiger partial charge is 0.494 e. The lowest BCUT2D eigenvalue weighted by molar-refractivity contribution is 0.271. The zero-order chi connectivity index (χ0) is 14.5. The normalized spacial score (nSPS) is 10.9. The van der Waals surface area contributed by atoms with Gasteiger partial charge in [0.2, 0.25) is 0 Å². The third-order valence-corrected chi connectivity index (χ3v) is 3.66. The van der Waals surface area contributed by atoms with Crippen LogP contribution in [0.5, 0.6) is 5.75 Å². The van der Waals surface area contributed by atoms with Gasteiger partial charge in [-0.25, -0.2) is 0 Å². The molecule has 0 saturated heterocycles. The molecule has 1 aromatic carbocycles. The van der Waals surface area contributed by atoms with E-state index in [1.165, 1.54) is 51.7 Å². The maximum Gasteiger partial charge on any atom is 0.119 e. The van der Waals surface area contributed by atoms with E-state index in [2.05, 4.69) is 18.7 Å². The molecule has 0 heterocycles. The molecule has 0 aromatic heterocycles. The maximum atomic E-state index is 5.70. The van der Waals surface area contributed by atoms with Gasteiger partial charge in [-0.05, 0) is 51.0 Å². The van der Waals surface area contributed by atoms with Gasteiger partial charge in [-0.1, -0.05) is 51.3 Å². The molecule has 0 fully saturated rings. The molecule has 0 saturated carbocycles. The van der Waals surface area contributed by atoms with Gasteiger partial charge in [-0.2, -0.15) is 0 Å². The predicted molar refractivity (Wildman–Crippen MR) is 87.4 cm³/mol. The Morgan fingerprint density at radius 2 is 1.55 bits per heavy atom. The Morgan fingerprint density at radius 1 is 0.850 bits per heavy atom. The van der Waals surface area contributed by atoms with Gasteiger partial charge < -0.3 is 9.64 Å². The zero-order valence-electron chi connectivity index (χ0n) is 13.3. The molecule has 0 bridgehead atoms. The molecular formula is C18H31NO. The summed E-state index contributed by atoms with van der Waals surface area (Å²) in [6.07, 6.45) is 7.71. The number of ether oxygens (including phenoxy) is 1. The molecule has 0 unspecified atom stereocenters. The van der Waals surface area contributed by atoms with Crippen LogP contribution in [0.4, 0.5) is 0 Å². The van der Waals surface area contributed by atoms with Gasteiger partial charge in [0.25, 0.3) is 0 Å². The van der Waals surface area contributed by atoms with Gasteiger partial charge in [-0.15, -0.1) is 0 Å². The fourth-order valence-electron chi connectivity index (χ4n) is 2.31. The van der Waals surface area contributed by atoms with E-state index in [4.69, 9.17) is 4.74 Å². The zero-order valence-corrected chi connectivity index (χ0v) is 13.3. The molecule has 0 N–H and O–H groups in total. The Morgan fingerprint density at radius 3 is 2.25 bits per heavy atom. The van der Waals surface area contributed by atoms with Gasteiger partial charge in [0, 0.05) is 0 Å². The first kappa shape index (κ1) is 17.0. The molecule has 0 spiro atoms. The average molecular weight is 277 g/mol. The fourth-order valence-corrected chi connectivity index (χ4v) is 2.31. The molecule has 114 valence electrons. The second kappa shape index (κ2) is 11.8. The quantitative estimate of drug-likeness (QED) is 0.511. The van der Waals surface area contributed by atoms with Crippen LogP contribution < -0.4 is 4.74 Å². The molecule has 2 heteroatoms. The van der Waals surface area contributed by atoms with E-state index in [0.29, 0.717) is 0 Å². The molecule has 0 aliphatic carbocycles. The summed E-state index contributed by atoms with van der Waals surface area (Å²) in [5.74, 6) is 0.990. The lowest BCUT2D eigenvalue weighted by atomic mass is 10.2. The van der Waals surface area contributed by atoms with Crippen LogP contribution >= 0.6 is 0 Å². The Bertz CT molecular complexity index is 312. The maximum absolute atomic E-state index is 5.70. The fraction of sp³-hybridized carbons (Fsp3) is 0.667. The van der Waals surface area contributed by atoms with Crippen molar-refractivity contribution in [2.75, 3.05) is 26.2 Å². The second-order valence-corrected chi connectivity index (χ2v) is 5.36. The lowest BCUT2D eigenvalue weighted by Gasteiger charge is -2.19. The molecule has 2 nitrogen and oxygen atoms in total. The number of para-hydroxylation sites is 1. The van der Waals surface area contributed by atoms with E-state index >= 15 is 0 Å². The summed E-state index contributed by atoms with van der Waals surface area (Å²) in [5.41, 5.74) is 0. The summed E-state index contributed by atoms with van der Waals surface area (Å²) >= 11 is 0. The monoisotopic (exact) mass is 277 g/mol. The van der Waals surface area contributed by atoms with Crippen LogP contribution in [0, 0.1) is 0 Å². The summed E-state index contributed by atoms with van der Waals surface area (Å²) in [5, 5.41) is 0. The number of nitrogens with zero attached hydrogens (tertiary/aromatic N) is 1. The van der Waals surface area contributed by atoms with Crippen molar-refractivity contribution < 1.29 is 4.74 Å². The Labute approximate surface area is 125 Å². The summed E-state index contributed by atoms with van der Waals surface area (Å²) in [6.45, 7) is 9.10. The first-order chi connectivity index (χ1) is 9.86. The van der Waals surface area contributed by atoms with Crippen molar-refractivity contribution >= 4 is 0 Å². The van der Waals surface area contributed by atoms with E-state index in [-0.39, 0.29) is 0 Å². The summed E-state index contributed by atoms with van der Waals surface area (Å²) in [6, 6.07) is 10.1. The van der Waals surface area contributed by atoms with Crippen molar-refractivity contribution in [1.82, 2.24) is 4.90 Å². The highest BCUT2D eigenvalue weighted by Crippen LogP contribution is 2.10. The molecule has 20 heavy (non-hydrogen) atoms. The summed E-state index contributed by atoms with van der Waals surface area (Å²) in [4.78, 5) is 2.57. The van der Waals surface area contributed by atoms with Crippen molar-refractivity contribution in [3.05, 3.63) is 30.3 Å². The lowest BCUT2D eigenvalue weighted by Crippen LogP contribution is -2.25. The predicted octanol–water partition coefficient (Wildman–Crippen LogP) is 4.75. The van der Waals surface area contributed by atoms with Crippen molar-refractivity contribution in [3.63, 3.8) is 0 Å². The summed E-state index contributed by atoms with van der Waals surface area (Å²) < 4.78 is 5.70. The molecule has 0 radical (unpaired) electrons. The molecule has 0 amide bonds. The molecule has 0 atom stereocenters. The van der Waals surface area contributed by atoms with Crippen LogP contribution in [0.15, 0.2) is 30.3 Å². The van der Waals surface area contributed by atoms with E-state index < -0.39 is 0 Å². The van der Waals surface area contributed by atoms with E-state index in [0.717, 1.165) is 18.8 Å². The van der Waals surface area contributed by atoms with Crippen LogP contribution in [-0.2, 0) is 0 Å². The van der Waals surface area contributed by atoms with Gasteiger partial charge in [0.1, 0.15) is 5.75 Å². The minimum Gasteiger partial charge on any atom is -0.494 e. The minimum absolute atomic E-state index is 0.845. The van der Waals surface area contributed by atoms with E-state index in [9.17, 15) is 0 Å². The van der Waals surface area contributed by atoms with Crippen molar-refractivity contribution in [2.24, 2.45) is 0 Å². The van der Waals surface area contributed by atoms with Gasteiger partial charge in [-0.3, -0.25) is 0 Å². The Hall–Kier alpha value is -1.02. The highest BCUT2D eigenvalue weighted by Gasteiger charge is 2.00. The standard InChI is InChI=1S/C18H31NO/c1-3-5-15-19(4-2)16-11-6-7-12-17-20-18-13-9-8-10-14-18/h8-10,13-14H,3-7,11-12,15-17H2,1-2H3. The number of benzene rings is 1. The van der Waals surface area contributed by atoms with Crippen LogP contribution in [-0.4, -0.2) is 31.1 Å². The number of hydrogen-bond acceptors (Lipinski definition) is 2. The summed E-state index contributed by atoms with van der Waals surface area (Å²) in [7, 11) is 0. The van der Waals surface area contributed by atoms with Crippen molar-refractivity contribution in [3.8, 4) is 5.75 Å². The van der Waals surface area contributed by atoms with Crippen LogP contribution in [0.25, 0.3) is 0 Å². The van der Waals surface area contributed by atoms with E-state index in [1.54, 1.807) is 0 Å². The molecule has 0 aliphatic rings.